The second-order valence-electron chi connectivity index (χ2n) is 7.62. The summed E-state index contributed by atoms with van der Waals surface area (Å²) in [6, 6.07) is 23.1. The molecule has 0 aliphatic carbocycles. The summed E-state index contributed by atoms with van der Waals surface area (Å²) in [6.07, 6.45) is 0. The van der Waals surface area contributed by atoms with Crippen molar-refractivity contribution in [2.45, 2.75) is 24.9 Å². The first-order valence-electron chi connectivity index (χ1n) is 10.8. The molecule has 0 bridgehead atoms. The van der Waals surface area contributed by atoms with Gasteiger partial charge in [0.05, 0.1) is 17.9 Å². The van der Waals surface area contributed by atoms with E-state index < -0.39 is 0 Å². The fourth-order valence-electron chi connectivity index (χ4n) is 3.65. The third kappa shape index (κ3) is 4.29. The molecule has 34 heavy (non-hydrogen) atoms. The number of aromatic nitrogens is 6. The Hall–Kier alpha value is -3.98. The first-order valence-corrected chi connectivity index (χ1v) is 11.8. The van der Waals surface area contributed by atoms with Crippen molar-refractivity contribution in [3.8, 4) is 22.8 Å². The van der Waals surface area contributed by atoms with E-state index >= 15 is 0 Å². The van der Waals surface area contributed by atoms with Gasteiger partial charge in [-0.3, -0.25) is 9.36 Å². The van der Waals surface area contributed by atoms with Crippen molar-refractivity contribution < 1.29 is 4.74 Å². The molecular weight excluding hydrogens is 448 g/mol. The third-order valence-corrected chi connectivity index (χ3v) is 6.16. The normalized spacial score (nSPS) is 11.1. The SMILES string of the molecule is CCOc1ccc(-n2c(SCn3nnc4ccccc4c3=O)nnc2-c2cccc(C)c2)cc1. The Balaban J connectivity index is 1.53. The fourth-order valence-corrected chi connectivity index (χ4v) is 4.48. The van der Waals surface area contributed by atoms with Crippen molar-refractivity contribution in [3.05, 3.63) is 88.7 Å². The fraction of sp³-hybridized carbons (Fsp3) is 0.160. The smallest absolute Gasteiger partial charge is 0.278 e. The molecule has 0 aliphatic heterocycles. The predicted octanol–water partition coefficient (Wildman–Crippen LogP) is 4.50. The van der Waals surface area contributed by atoms with Crippen molar-refractivity contribution in [1.29, 1.82) is 0 Å². The Kier molecular flexibility index (Phi) is 6.09. The zero-order valence-electron chi connectivity index (χ0n) is 18.8. The lowest BCUT2D eigenvalue weighted by Crippen LogP contribution is -2.23. The van der Waals surface area contributed by atoms with Gasteiger partial charge in [-0.2, -0.15) is 4.68 Å². The lowest BCUT2D eigenvalue weighted by molar-refractivity contribution is 0.340. The van der Waals surface area contributed by atoms with Gasteiger partial charge in [0.2, 0.25) is 0 Å². The molecule has 2 aromatic heterocycles. The van der Waals surface area contributed by atoms with E-state index in [0.717, 1.165) is 22.6 Å². The number of thioether (sulfide) groups is 1. The Morgan fingerprint density at radius 3 is 2.56 bits per heavy atom. The molecule has 0 radical (unpaired) electrons. The largest absolute Gasteiger partial charge is 0.494 e. The molecule has 0 unspecified atom stereocenters. The van der Waals surface area contributed by atoms with E-state index in [2.05, 4.69) is 26.6 Å². The van der Waals surface area contributed by atoms with Crippen LogP contribution >= 0.6 is 11.8 Å². The number of rotatable bonds is 7. The summed E-state index contributed by atoms with van der Waals surface area (Å²) in [4.78, 5) is 12.9. The molecule has 0 saturated heterocycles. The van der Waals surface area contributed by atoms with E-state index in [1.165, 1.54) is 16.4 Å². The molecule has 8 nitrogen and oxygen atoms in total. The minimum absolute atomic E-state index is 0.191. The highest BCUT2D eigenvalue weighted by Crippen LogP contribution is 2.29. The highest BCUT2D eigenvalue weighted by atomic mass is 32.2. The number of nitrogens with zero attached hydrogens (tertiary/aromatic N) is 6. The molecule has 0 fully saturated rings. The summed E-state index contributed by atoms with van der Waals surface area (Å²) in [5.41, 5.74) is 3.36. The maximum Gasteiger partial charge on any atom is 0.278 e. The first-order chi connectivity index (χ1) is 16.6. The van der Waals surface area contributed by atoms with Crippen molar-refractivity contribution >= 4 is 22.7 Å². The Bertz CT molecular complexity index is 1510. The van der Waals surface area contributed by atoms with Gasteiger partial charge < -0.3 is 4.74 Å². The molecule has 2 heterocycles. The van der Waals surface area contributed by atoms with Gasteiger partial charge in [-0.15, -0.1) is 15.3 Å². The minimum Gasteiger partial charge on any atom is -0.494 e. The number of hydrogen-bond acceptors (Lipinski definition) is 7. The van der Waals surface area contributed by atoms with Crippen LogP contribution in [0, 0.1) is 6.92 Å². The summed E-state index contributed by atoms with van der Waals surface area (Å²) in [7, 11) is 0. The zero-order chi connectivity index (χ0) is 23.5. The van der Waals surface area contributed by atoms with E-state index in [1.54, 1.807) is 12.1 Å². The molecule has 0 N–H and O–H groups in total. The van der Waals surface area contributed by atoms with Crippen LogP contribution in [0.15, 0.2) is 82.7 Å². The second kappa shape index (κ2) is 9.48. The molecule has 5 aromatic rings. The molecule has 0 aliphatic rings. The van der Waals surface area contributed by atoms with Crippen LogP contribution in [-0.4, -0.2) is 36.4 Å². The zero-order valence-corrected chi connectivity index (χ0v) is 19.6. The molecular formula is C25H22N6O2S. The van der Waals surface area contributed by atoms with Crippen LogP contribution < -0.4 is 10.3 Å². The van der Waals surface area contributed by atoms with Crippen LogP contribution in [0.3, 0.4) is 0 Å². The molecule has 0 spiro atoms. The maximum absolute atomic E-state index is 12.9. The summed E-state index contributed by atoms with van der Waals surface area (Å²) >= 11 is 1.37. The monoisotopic (exact) mass is 470 g/mol. The molecule has 0 atom stereocenters. The number of aryl methyl sites for hydroxylation is 1. The van der Waals surface area contributed by atoms with Gasteiger partial charge in [-0.1, -0.05) is 52.9 Å². The Morgan fingerprint density at radius 1 is 0.941 bits per heavy atom. The first kappa shape index (κ1) is 21.8. The van der Waals surface area contributed by atoms with E-state index in [1.807, 2.05) is 73.0 Å². The van der Waals surface area contributed by atoms with Crippen LogP contribution in [0.1, 0.15) is 12.5 Å². The van der Waals surface area contributed by atoms with Crippen molar-refractivity contribution in [2.75, 3.05) is 6.61 Å². The lowest BCUT2D eigenvalue weighted by atomic mass is 10.1. The second-order valence-corrected chi connectivity index (χ2v) is 8.53. The summed E-state index contributed by atoms with van der Waals surface area (Å²) in [5, 5.41) is 18.4. The number of ether oxygens (including phenoxy) is 1. The summed E-state index contributed by atoms with van der Waals surface area (Å²) in [6.45, 7) is 4.60. The van der Waals surface area contributed by atoms with Gasteiger partial charge in [0.15, 0.2) is 11.0 Å². The highest BCUT2D eigenvalue weighted by Gasteiger charge is 2.17. The van der Waals surface area contributed by atoms with E-state index in [9.17, 15) is 4.79 Å². The van der Waals surface area contributed by atoms with E-state index in [-0.39, 0.29) is 11.4 Å². The minimum atomic E-state index is -0.191. The Labute approximate surface area is 200 Å². The summed E-state index contributed by atoms with van der Waals surface area (Å²) in [5.74, 6) is 1.76. The molecule has 170 valence electrons. The maximum atomic E-state index is 12.9. The van der Waals surface area contributed by atoms with Gasteiger partial charge in [-0.05, 0) is 56.3 Å². The van der Waals surface area contributed by atoms with Crippen molar-refractivity contribution in [1.82, 2.24) is 29.8 Å². The molecule has 0 amide bonds. The number of hydrogen-bond donors (Lipinski definition) is 0. The summed E-state index contributed by atoms with van der Waals surface area (Å²) < 4.78 is 8.92. The molecule has 5 rings (SSSR count). The number of benzene rings is 3. The standard InChI is InChI=1S/C25H22N6O2S/c1-3-33-20-13-11-19(12-14-20)31-23(18-8-6-7-17(2)15-18)27-28-25(31)34-16-30-24(32)21-9-4-5-10-22(21)26-29-30/h4-15H,3,16H2,1-2H3. The lowest BCUT2D eigenvalue weighted by Gasteiger charge is -2.12. The quantitative estimate of drug-likeness (QED) is 0.324. The van der Waals surface area contributed by atoms with Crippen molar-refractivity contribution in [2.24, 2.45) is 0 Å². The van der Waals surface area contributed by atoms with Gasteiger partial charge in [0.1, 0.15) is 11.3 Å². The van der Waals surface area contributed by atoms with Crippen LogP contribution in [0.5, 0.6) is 5.75 Å². The molecule has 9 heteroatoms. The third-order valence-electron chi connectivity index (χ3n) is 5.26. The average molecular weight is 471 g/mol. The van der Waals surface area contributed by atoms with Crippen molar-refractivity contribution in [3.63, 3.8) is 0 Å². The topological polar surface area (TPSA) is 87.7 Å². The van der Waals surface area contributed by atoms with E-state index in [0.29, 0.717) is 28.5 Å². The van der Waals surface area contributed by atoms with Crippen LogP contribution in [-0.2, 0) is 5.88 Å². The number of fused-ring (bicyclic) bond motifs is 1. The van der Waals surface area contributed by atoms with Gasteiger partial charge in [0, 0.05) is 11.3 Å². The van der Waals surface area contributed by atoms with Crippen LogP contribution in [0.4, 0.5) is 0 Å². The van der Waals surface area contributed by atoms with Gasteiger partial charge in [-0.25, -0.2) is 0 Å². The van der Waals surface area contributed by atoms with Crippen LogP contribution in [0.2, 0.25) is 0 Å². The highest BCUT2D eigenvalue weighted by molar-refractivity contribution is 7.98. The van der Waals surface area contributed by atoms with Gasteiger partial charge >= 0.3 is 0 Å². The van der Waals surface area contributed by atoms with Crippen LogP contribution in [0.25, 0.3) is 28.0 Å². The molecule has 3 aromatic carbocycles. The Morgan fingerprint density at radius 2 is 1.76 bits per heavy atom. The molecule has 0 saturated carbocycles. The van der Waals surface area contributed by atoms with Gasteiger partial charge in [0.25, 0.3) is 5.56 Å². The van der Waals surface area contributed by atoms with E-state index in [4.69, 9.17) is 4.74 Å². The average Bonchev–Trinajstić information content (AvgIpc) is 3.28. The predicted molar refractivity (Wildman–Crippen MR) is 132 cm³/mol.